The largest absolute Gasteiger partial charge is 0.448 e. The standard InChI is InChI=1S/C16H22N4O3S/c21-15(9-19-3-4-23-16(19)22)20-6-12-1-2-14(20)8-18(5-12)7-13-10-24-11-17-13/h10-12,14H,1-9H2/t12-,14+/m0/s1. The molecule has 2 atom stereocenters. The number of ether oxygens (including phenoxy) is 1. The zero-order valence-electron chi connectivity index (χ0n) is 13.6. The molecule has 7 nitrogen and oxygen atoms in total. The lowest BCUT2D eigenvalue weighted by molar-refractivity contribution is -0.135. The maximum Gasteiger partial charge on any atom is 0.410 e. The SMILES string of the molecule is O=C1OCCN1CC(=O)N1C[C@H]2CC[C@@H]1CN(Cc1cscn1)C2. The van der Waals surface area contributed by atoms with Crippen LogP contribution in [-0.2, 0) is 16.1 Å². The first kappa shape index (κ1) is 15.8. The van der Waals surface area contributed by atoms with Gasteiger partial charge in [-0.15, -0.1) is 11.3 Å². The van der Waals surface area contributed by atoms with E-state index >= 15 is 0 Å². The molecule has 0 saturated carbocycles. The first-order chi connectivity index (χ1) is 11.7. The van der Waals surface area contributed by atoms with Crippen molar-refractivity contribution < 1.29 is 14.3 Å². The number of rotatable bonds is 4. The van der Waals surface area contributed by atoms with Crippen LogP contribution in [0.2, 0.25) is 0 Å². The molecule has 5 rings (SSSR count). The van der Waals surface area contributed by atoms with Gasteiger partial charge in [0.2, 0.25) is 5.91 Å². The summed E-state index contributed by atoms with van der Waals surface area (Å²) in [6, 6.07) is 0.244. The highest BCUT2D eigenvalue weighted by Crippen LogP contribution is 2.29. The van der Waals surface area contributed by atoms with Gasteiger partial charge in [-0.25, -0.2) is 9.78 Å². The van der Waals surface area contributed by atoms with Gasteiger partial charge >= 0.3 is 6.09 Å². The quantitative estimate of drug-likeness (QED) is 0.811. The van der Waals surface area contributed by atoms with Crippen LogP contribution >= 0.6 is 11.3 Å². The van der Waals surface area contributed by atoms with Gasteiger partial charge in [0.15, 0.2) is 0 Å². The minimum absolute atomic E-state index is 0.0547. The molecule has 4 aliphatic rings. The van der Waals surface area contributed by atoms with Crippen molar-refractivity contribution >= 4 is 23.3 Å². The maximum absolute atomic E-state index is 12.7. The number of amides is 2. The van der Waals surface area contributed by atoms with Crippen molar-refractivity contribution in [1.82, 2.24) is 19.7 Å². The average Bonchev–Trinajstić information content (AvgIpc) is 3.12. The molecular weight excluding hydrogens is 328 g/mol. The van der Waals surface area contributed by atoms with Crippen LogP contribution < -0.4 is 0 Å². The third kappa shape index (κ3) is 3.25. The molecule has 24 heavy (non-hydrogen) atoms. The normalized spacial score (nSPS) is 27.4. The first-order valence-corrected chi connectivity index (χ1v) is 9.44. The maximum atomic E-state index is 12.7. The molecule has 0 radical (unpaired) electrons. The van der Waals surface area contributed by atoms with E-state index < -0.39 is 0 Å². The van der Waals surface area contributed by atoms with Crippen LogP contribution in [0.25, 0.3) is 0 Å². The van der Waals surface area contributed by atoms with E-state index in [1.54, 1.807) is 11.3 Å². The highest BCUT2D eigenvalue weighted by atomic mass is 32.1. The topological polar surface area (TPSA) is 66.0 Å². The lowest BCUT2D eigenvalue weighted by Crippen LogP contribution is -2.50. The summed E-state index contributed by atoms with van der Waals surface area (Å²) >= 11 is 1.62. The Morgan fingerprint density at radius 3 is 3.00 bits per heavy atom. The summed E-state index contributed by atoms with van der Waals surface area (Å²) in [7, 11) is 0. The van der Waals surface area contributed by atoms with Gasteiger partial charge in [-0.3, -0.25) is 14.6 Å². The highest BCUT2D eigenvalue weighted by Gasteiger charge is 2.38. The summed E-state index contributed by atoms with van der Waals surface area (Å²) < 4.78 is 4.92. The van der Waals surface area contributed by atoms with E-state index in [2.05, 4.69) is 15.3 Å². The second kappa shape index (κ2) is 6.68. The first-order valence-electron chi connectivity index (χ1n) is 8.49. The van der Waals surface area contributed by atoms with Crippen molar-refractivity contribution in [2.45, 2.75) is 25.4 Å². The summed E-state index contributed by atoms with van der Waals surface area (Å²) in [4.78, 5) is 34.6. The van der Waals surface area contributed by atoms with Gasteiger partial charge in [-0.1, -0.05) is 0 Å². The molecule has 0 aliphatic carbocycles. The number of nitrogens with zero attached hydrogens (tertiary/aromatic N) is 4. The summed E-state index contributed by atoms with van der Waals surface area (Å²) in [5, 5.41) is 2.09. The number of piperidine rings is 1. The Labute approximate surface area is 145 Å². The Balaban J connectivity index is 1.40. The molecule has 0 aromatic carbocycles. The molecule has 130 valence electrons. The molecular formula is C16H22N4O3S. The van der Waals surface area contributed by atoms with Crippen molar-refractivity contribution in [3.63, 3.8) is 0 Å². The van der Waals surface area contributed by atoms with Crippen LogP contribution in [0.5, 0.6) is 0 Å². The molecule has 2 amide bonds. The fraction of sp³-hybridized carbons (Fsp3) is 0.688. The summed E-state index contributed by atoms with van der Waals surface area (Å²) in [5.74, 6) is 0.566. The summed E-state index contributed by atoms with van der Waals surface area (Å²) in [5.41, 5.74) is 2.98. The van der Waals surface area contributed by atoms with Gasteiger partial charge < -0.3 is 9.64 Å². The van der Waals surface area contributed by atoms with Gasteiger partial charge in [0.25, 0.3) is 0 Å². The molecule has 5 heterocycles. The van der Waals surface area contributed by atoms with Crippen molar-refractivity contribution in [3.05, 3.63) is 16.6 Å². The summed E-state index contributed by atoms with van der Waals surface area (Å²) in [6.45, 7) is 4.63. The lowest BCUT2D eigenvalue weighted by atomic mass is 9.95. The van der Waals surface area contributed by atoms with E-state index in [1.165, 1.54) is 11.3 Å². The number of carbonyl (C=O) groups excluding carboxylic acids is 2. The van der Waals surface area contributed by atoms with E-state index in [0.29, 0.717) is 19.1 Å². The third-order valence-corrected chi connectivity index (χ3v) is 5.78. The third-order valence-electron chi connectivity index (χ3n) is 5.15. The highest BCUT2D eigenvalue weighted by molar-refractivity contribution is 7.07. The van der Waals surface area contributed by atoms with E-state index in [1.807, 2.05) is 10.4 Å². The van der Waals surface area contributed by atoms with Crippen LogP contribution in [0.15, 0.2) is 10.9 Å². The molecule has 1 aromatic heterocycles. The monoisotopic (exact) mass is 350 g/mol. The average molecular weight is 350 g/mol. The second-order valence-corrected chi connectivity index (χ2v) is 7.57. The van der Waals surface area contributed by atoms with Crippen molar-refractivity contribution in [1.29, 1.82) is 0 Å². The summed E-state index contributed by atoms with van der Waals surface area (Å²) in [6.07, 6.45) is 1.86. The number of hydrogen-bond donors (Lipinski definition) is 0. The van der Waals surface area contributed by atoms with Gasteiger partial charge in [0.05, 0.1) is 17.7 Å². The molecule has 0 N–H and O–H groups in total. The predicted octanol–water partition coefficient (Wildman–Crippen LogP) is 1.02. The van der Waals surface area contributed by atoms with E-state index in [-0.39, 0.29) is 24.6 Å². The van der Waals surface area contributed by atoms with Gasteiger partial charge in [-0.2, -0.15) is 0 Å². The van der Waals surface area contributed by atoms with Crippen molar-refractivity contribution in [2.75, 3.05) is 39.3 Å². The molecule has 4 saturated heterocycles. The number of thiazole rings is 1. The smallest absolute Gasteiger partial charge is 0.410 e. The zero-order valence-corrected chi connectivity index (χ0v) is 14.4. The lowest BCUT2D eigenvalue weighted by Gasteiger charge is -2.36. The number of aromatic nitrogens is 1. The Morgan fingerprint density at radius 2 is 2.25 bits per heavy atom. The zero-order chi connectivity index (χ0) is 16.5. The minimum Gasteiger partial charge on any atom is -0.448 e. The van der Waals surface area contributed by atoms with Crippen molar-refractivity contribution in [2.24, 2.45) is 5.92 Å². The molecule has 4 fully saturated rings. The number of carbonyl (C=O) groups is 2. The fourth-order valence-electron chi connectivity index (χ4n) is 3.98. The van der Waals surface area contributed by atoms with Gasteiger partial charge in [0, 0.05) is 37.6 Å². The molecule has 2 bridgehead atoms. The van der Waals surface area contributed by atoms with Crippen LogP contribution in [0, 0.1) is 5.92 Å². The number of hydrogen-bond acceptors (Lipinski definition) is 6. The predicted molar refractivity (Wildman–Crippen MR) is 88.5 cm³/mol. The van der Waals surface area contributed by atoms with Crippen LogP contribution in [0.4, 0.5) is 4.79 Å². The second-order valence-electron chi connectivity index (χ2n) is 6.85. The Bertz CT molecular complexity index is 608. The Hall–Kier alpha value is -1.67. The molecule has 1 aromatic rings. The van der Waals surface area contributed by atoms with Gasteiger partial charge in [-0.05, 0) is 18.8 Å². The minimum atomic E-state index is -0.367. The van der Waals surface area contributed by atoms with Crippen LogP contribution in [0.3, 0.4) is 0 Å². The van der Waals surface area contributed by atoms with Crippen LogP contribution in [-0.4, -0.2) is 77.1 Å². The molecule has 0 spiro atoms. The fourth-order valence-corrected chi connectivity index (χ4v) is 4.53. The Kier molecular flexibility index (Phi) is 4.41. The molecule has 8 heteroatoms. The molecule has 4 aliphatic heterocycles. The number of cyclic esters (lactones) is 1. The van der Waals surface area contributed by atoms with E-state index in [4.69, 9.17) is 4.74 Å². The number of fused-ring (bicyclic) bond motifs is 4. The van der Waals surface area contributed by atoms with Crippen LogP contribution in [0.1, 0.15) is 18.5 Å². The molecule has 0 unspecified atom stereocenters. The van der Waals surface area contributed by atoms with E-state index in [0.717, 1.165) is 38.3 Å². The van der Waals surface area contributed by atoms with Gasteiger partial charge in [0.1, 0.15) is 13.2 Å². The van der Waals surface area contributed by atoms with Crippen molar-refractivity contribution in [3.8, 4) is 0 Å². The van der Waals surface area contributed by atoms with E-state index in [9.17, 15) is 9.59 Å². The Morgan fingerprint density at radius 1 is 1.33 bits per heavy atom.